The van der Waals surface area contributed by atoms with Crippen molar-refractivity contribution in [2.24, 2.45) is 0 Å². The van der Waals surface area contributed by atoms with Crippen LogP contribution in [0.2, 0.25) is 0 Å². The van der Waals surface area contributed by atoms with E-state index in [0.717, 1.165) is 27.4 Å². The number of carbonyl (C=O) groups is 1. The summed E-state index contributed by atoms with van der Waals surface area (Å²) in [6.45, 7) is 0.325. The average molecular weight is 415 g/mol. The average Bonchev–Trinajstić information content (AvgIpc) is 3.05. The van der Waals surface area contributed by atoms with Gasteiger partial charge in [0.2, 0.25) is 17.8 Å². The zero-order chi connectivity index (χ0) is 18.4. The van der Waals surface area contributed by atoms with Crippen LogP contribution in [0.15, 0.2) is 83.5 Å². The molecule has 0 spiro atoms. The molecule has 0 N–H and O–H groups in total. The summed E-state index contributed by atoms with van der Waals surface area (Å²) in [6, 6.07) is 24.8. The summed E-state index contributed by atoms with van der Waals surface area (Å²) < 4.78 is 2.99. The first kappa shape index (κ1) is 16.4. The van der Waals surface area contributed by atoms with Gasteiger partial charge < -0.3 is 0 Å². The van der Waals surface area contributed by atoms with Gasteiger partial charge in [-0.1, -0.05) is 48.5 Å². The molecule has 1 aromatic heterocycles. The van der Waals surface area contributed by atoms with Gasteiger partial charge in [-0.25, -0.2) is 0 Å². The first-order valence-corrected chi connectivity index (χ1v) is 9.80. The molecule has 130 valence electrons. The van der Waals surface area contributed by atoms with Crippen LogP contribution < -0.4 is 4.57 Å². The Morgan fingerprint density at radius 1 is 0.889 bits per heavy atom. The number of ketones is 1. The van der Waals surface area contributed by atoms with Crippen molar-refractivity contribution >= 4 is 32.6 Å². The van der Waals surface area contributed by atoms with E-state index in [2.05, 4.69) is 64.5 Å². The van der Waals surface area contributed by atoms with Crippen molar-refractivity contribution < 1.29 is 9.36 Å². The molecule has 1 heterocycles. The summed E-state index contributed by atoms with van der Waals surface area (Å²) in [5.41, 5.74) is 6.96. The molecule has 2 nitrogen and oxygen atoms in total. The van der Waals surface area contributed by atoms with Gasteiger partial charge in [-0.05, 0) is 62.8 Å². The molecule has 4 aromatic rings. The van der Waals surface area contributed by atoms with Crippen molar-refractivity contribution in [2.75, 3.05) is 0 Å². The van der Waals surface area contributed by atoms with Gasteiger partial charge in [-0.2, -0.15) is 4.57 Å². The van der Waals surface area contributed by atoms with Crippen LogP contribution in [0.25, 0.3) is 22.0 Å². The summed E-state index contributed by atoms with van der Waals surface area (Å²) in [4.78, 5) is 13.0. The van der Waals surface area contributed by atoms with E-state index >= 15 is 0 Å². The highest BCUT2D eigenvalue weighted by molar-refractivity contribution is 9.10. The number of rotatable bonds is 3. The van der Waals surface area contributed by atoms with E-state index in [4.69, 9.17) is 0 Å². The normalized spacial score (nSPS) is 12.0. The SMILES string of the molecule is O=C(C[n+]1cc(Br)cc2ccccc21)c1ccc2c(c1)Cc1ccccc1-2. The summed E-state index contributed by atoms with van der Waals surface area (Å²) in [5.74, 6) is 0.127. The second kappa shape index (κ2) is 6.43. The highest BCUT2D eigenvalue weighted by atomic mass is 79.9. The lowest BCUT2D eigenvalue weighted by Crippen LogP contribution is -2.38. The Hall–Kier alpha value is -2.78. The van der Waals surface area contributed by atoms with E-state index in [-0.39, 0.29) is 5.78 Å². The maximum Gasteiger partial charge on any atom is 0.227 e. The minimum Gasteiger partial charge on any atom is -0.287 e. The third kappa shape index (κ3) is 2.88. The second-order valence-electron chi connectivity index (χ2n) is 6.97. The molecule has 27 heavy (non-hydrogen) atoms. The van der Waals surface area contributed by atoms with Crippen molar-refractivity contribution in [3.05, 3.63) is 100 Å². The standard InChI is InChI=1S/C24H17BrNO/c25-20-13-17-6-2-4-8-23(17)26(14-20)15-24(27)18-9-10-22-19(12-18)11-16-5-1-3-7-21(16)22/h1-10,12-14H,11,15H2/q+1. The predicted octanol–water partition coefficient (Wildman–Crippen LogP) is 5.34. The van der Waals surface area contributed by atoms with Gasteiger partial charge in [0.25, 0.3) is 0 Å². The fourth-order valence-electron chi connectivity index (χ4n) is 3.97. The summed E-state index contributed by atoms with van der Waals surface area (Å²) in [6.07, 6.45) is 2.88. The van der Waals surface area contributed by atoms with Gasteiger partial charge in [0.05, 0.1) is 4.47 Å². The first-order chi connectivity index (χ1) is 13.2. The third-order valence-electron chi connectivity index (χ3n) is 5.25. The summed E-state index contributed by atoms with van der Waals surface area (Å²) >= 11 is 3.55. The van der Waals surface area contributed by atoms with E-state index in [1.54, 1.807) is 0 Å². The molecule has 0 aliphatic heterocycles. The van der Waals surface area contributed by atoms with Crippen LogP contribution in [0.5, 0.6) is 0 Å². The summed E-state index contributed by atoms with van der Waals surface area (Å²) in [5, 5.41) is 1.11. The number of hydrogen-bond donors (Lipinski definition) is 0. The lowest BCUT2D eigenvalue weighted by Gasteiger charge is -2.05. The largest absolute Gasteiger partial charge is 0.287 e. The molecule has 0 fully saturated rings. The van der Waals surface area contributed by atoms with Gasteiger partial charge in [0, 0.05) is 17.0 Å². The van der Waals surface area contributed by atoms with Crippen molar-refractivity contribution in [3.63, 3.8) is 0 Å². The number of hydrogen-bond acceptors (Lipinski definition) is 1. The molecular weight excluding hydrogens is 398 g/mol. The van der Waals surface area contributed by atoms with Gasteiger partial charge in [-0.3, -0.25) is 4.79 Å². The fourth-order valence-corrected chi connectivity index (χ4v) is 4.46. The van der Waals surface area contributed by atoms with Gasteiger partial charge in [0.15, 0.2) is 6.20 Å². The Morgan fingerprint density at radius 2 is 1.67 bits per heavy atom. The third-order valence-corrected chi connectivity index (χ3v) is 5.68. The lowest BCUT2D eigenvalue weighted by atomic mass is 10.0. The number of fused-ring (bicyclic) bond motifs is 4. The molecule has 0 bridgehead atoms. The summed E-state index contributed by atoms with van der Waals surface area (Å²) in [7, 11) is 0. The number of benzene rings is 3. The number of nitrogens with zero attached hydrogens (tertiary/aromatic N) is 1. The van der Waals surface area contributed by atoms with Gasteiger partial charge >= 0.3 is 0 Å². The van der Waals surface area contributed by atoms with E-state index in [9.17, 15) is 4.79 Å². The minimum absolute atomic E-state index is 0.127. The zero-order valence-electron chi connectivity index (χ0n) is 14.7. The quantitative estimate of drug-likeness (QED) is 0.288. The predicted molar refractivity (Wildman–Crippen MR) is 111 cm³/mol. The number of aromatic nitrogens is 1. The maximum absolute atomic E-state index is 13.0. The van der Waals surface area contributed by atoms with Gasteiger partial charge in [0.1, 0.15) is 0 Å². The first-order valence-electron chi connectivity index (χ1n) is 9.01. The van der Waals surface area contributed by atoms with Crippen LogP contribution >= 0.6 is 15.9 Å². The lowest BCUT2D eigenvalue weighted by molar-refractivity contribution is -0.657. The molecule has 5 rings (SSSR count). The van der Waals surface area contributed by atoms with Crippen LogP contribution in [-0.4, -0.2) is 5.78 Å². The smallest absolute Gasteiger partial charge is 0.227 e. The Morgan fingerprint density at radius 3 is 2.59 bits per heavy atom. The monoisotopic (exact) mass is 414 g/mol. The molecule has 1 aliphatic rings. The van der Waals surface area contributed by atoms with Crippen molar-refractivity contribution in [1.82, 2.24) is 0 Å². The van der Waals surface area contributed by atoms with E-state index in [0.29, 0.717) is 6.54 Å². The molecule has 3 aromatic carbocycles. The van der Waals surface area contributed by atoms with E-state index in [1.807, 2.05) is 35.0 Å². The van der Waals surface area contributed by atoms with Crippen molar-refractivity contribution in [2.45, 2.75) is 13.0 Å². The molecule has 0 atom stereocenters. The zero-order valence-corrected chi connectivity index (χ0v) is 16.2. The van der Waals surface area contributed by atoms with E-state index < -0.39 is 0 Å². The molecule has 0 amide bonds. The van der Waals surface area contributed by atoms with Gasteiger partial charge in [-0.15, -0.1) is 0 Å². The van der Waals surface area contributed by atoms with Crippen LogP contribution in [0, 0.1) is 0 Å². The number of para-hydroxylation sites is 1. The minimum atomic E-state index is 0.127. The molecule has 1 aliphatic carbocycles. The Balaban J connectivity index is 1.49. The van der Waals surface area contributed by atoms with Crippen LogP contribution in [-0.2, 0) is 13.0 Å². The van der Waals surface area contributed by atoms with Crippen molar-refractivity contribution in [3.8, 4) is 11.1 Å². The topological polar surface area (TPSA) is 20.9 Å². The highest BCUT2D eigenvalue weighted by Crippen LogP contribution is 2.36. The van der Waals surface area contributed by atoms with E-state index in [1.165, 1.54) is 22.3 Å². The fraction of sp³-hybridized carbons (Fsp3) is 0.0833. The van der Waals surface area contributed by atoms with Crippen LogP contribution in [0.1, 0.15) is 21.5 Å². The molecule has 3 heteroatoms. The Labute approximate surface area is 166 Å². The Kier molecular flexibility index (Phi) is 3.91. The number of carbonyl (C=O) groups excluding carboxylic acids is 1. The van der Waals surface area contributed by atoms with Crippen LogP contribution in [0.3, 0.4) is 0 Å². The number of halogens is 1. The maximum atomic E-state index is 13.0. The Bertz CT molecular complexity index is 1210. The molecule has 0 radical (unpaired) electrons. The molecule has 0 saturated heterocycles. The highest BCUT2D eigenvalue weighted by Gasteiger charge is 2.21. The number of pyridine rings is 1. The van der Waals surface area contributed by atoms with Crippen molar-refractivity contribution in [1.29, 1.82) is 0 Å². The molecule has 0 saturated carbocycles. The number of Topliss-reactive ketones (excluding diaryl/α,β-unsaturated/α-hetero) is 1. The second-order valence-corrected chi connectivity index (χ2v) is 7.89. The molecule has 0 unspecified atom stereocenters. The van der Waals surface area contributed by atoms with Crippen LogP contribution in [0.4, 0.5) is 0 Å². The molecular formula is C24H17BrNO+.